The maximum atomic E-state index is 12.7. The van der Waals surface area contributed by atoms with Crippen molar-refractivity contribution in [3.63, 3.8) is 0 Å². The standard InChI is InChI=1S/C22H36N6O4/c23-19(24)7-8-25-20(30)13-2-5-17(10-13)27-22(32)15-3-6-18(11-15)28-21(31)14-1-4-16(9-14)26-12-29/h12-18H,1-11H2,(H3,23,24)(H,25,30)(H,26,29)(H,27,32)(H,28,31)/t13-,14-,15-,16-,17-,18-/m1/s1. The summed E-state index contributed by atoms with van der Waals surface area (Å²) in [6, 6.07) is 0.0944. The number of nitrogens with one attached hydrogen (secondary N) is 5. The minimum atomic E-state index is -0.119. The van der Waals surface area contributed by atoms with Gasteiger partial charge >= 0.3 is 0 Å². The number of amides is 4. The first-order valence-corrected chi connectivity index (χ1v) is 11.8. The van der Waals surface area contributed by atoms with Gasteiger partial charge in [-0.25, -0.2) is 0 Å². The number of nitrogens with two attached hydrogens (primary N) is 1. The van der Waals surface area contributed by atoms with E-state index >= 15 is 0 Å². The molecule has 0 aromatic rings. The summed E-state index contributed by atoms with van der Waals surface area (Å²) in [4.78, 5) is 48.1. The molecule has 0 heterocycles. The lowest BCUT2D eigenvalue weighted by molar-refractivity contribution is -0.127. The molecule has 10 nitrogen and oxygen atoms in total. The van der Waals surface area contributed by atoms with Gasteiger partial charge in [-0.3, -0.25) is 24.6 Å². The largest absolute Gasteiger partial charge is 0.388 e. The van der Waals surface area contributed by atoms with Gasteiger partial charge in [0.25, 0.3) is 0 Å². The fraction of sp³-hybridized carbons (Fsp3) is 0.773. The highest BCUT2D eigenvalue weighted by molar-refractivity contribution is 5.82. The predicted molar refractivity (Wildman–Crippen MR) is 118 cm³/mol. The summed E-state index contributed by atoms with van der Waals surface area (Å²) in [7, 11) is 0. The topological polar surface area (TPSA) is 166 Å². The van der Waals surface area contributed by atoms with E-state index in [1.54, 1.807) is 0 Å². The lowest BCUT2D eigenvalue weighted by Crippen LogP contribution is -2.40. The van der Waals surface area contributed by atoms with Gasteiger partial charge in [-0.1, -0.05) is 0 Å². The number of hydrogen-bond acceptors (Lipinski definition) is 5. The number of amidine groups is 1. The zero-order chi connectivity index (χ0) is 23.1. The van der Waals surface area contributed by atoms with Gasteiger partial charge in [0.2, 0.25) is 24.1 Å². The zero-order valence-electron chi connectivity index (χ0n) is 18.5. The Morgan fingerprint density at radius 2 is 1.25 bits per heavy atom. The molecular formula is C22H36N6O4. The van der Waals surface area contributed by atoms with Crippen LogP contribution in [0.3, 0.4) is 0 Å². The first-order chi connectivity index (χ1) is 15.4. The monoisotopic (exact) mass is 448 g/mol. The first kappa shape index (κ1) is 24.0. The lowest BCUT2D eigenvalue weighted by atomic mass is 10.0. The van der Waals surface area contributed by atoms with Crippen molar-refractivity contribution >= 4 is 30.0 Å². The second kappa shape index (κ2) is 11.3. The molecule has 0 bridgehead atoms. The fourth-order valence-electron chi connectivity index (χ4n) is 5.27. The third kappa shape index (κ3) is 6.67. The molecule has 6 atom stereocenters. The third-order valence-electron chi connectivity index (χ3n) is 7.10. The van der Waals surface area contributed by atoms with E-state index in [0.29, 0.717) is 38.6 Å². The van der Waals surface area contributed by atoms with E-state index in [4.69, 9.17) is 11.1 Å². The summed E-state index contributed by atoms with van der Waals surface area (Å²) in [6.07, 6.45) is 7.63. The van der Waals surface area contributed by atoms with Gasteiger partial charge in [0.1, 0.15) is 0 Å². The molecule has 0 radical (unpaired) electrons. The van der Waals surface area contributed by atoms with Crippen molar-refractivity contribution in [2.75, 3.05) is 6.54 Å². The Hall–Kier alpha value is -2.65. The molecule has 3 saturated carbocycles. The van der Waals surface area contributed by atoms with Gasteiger partial charge in [-0.2, -0.15) is 0 Å². The normalized spacial score (nSPS) is 31.6. The Morgan fingerprint density at radius 3 is 1.75 bits per heavy atom. The molecule has 3 fully saturated rings. The van der Waals surface area contributed by atoms with Gasteiger partial charge in [0.15, 0.2) is 0 Å². The quantitative estimate of drug-likeness (QED) is 0.156. The molecule has 0 aliphatic heterocycles. The first-order valence-electron chi connectivity index (χ1n) is 11.8. The molecule has 0 aromatic heterocycles. The minimum absolute atomic E-state index is 0.000407. The molecule has 178 valence electrons. The van der Waals surface area contributed by atoms with E-state index in [1.807, 2.05) is 0 Å². The summed E-state index contributed by atoms with van der Waals surface area (Å²) in [6.45, 7) is 0.367. The summed E-state index contributed by atoms with van der Waals surface area (Å²) in [5.74, 6) is -0.249. The van der Waals surface area contributed by atoms with Crippen molar-refractivity contribution in [2.24, 2.45) is 23.5 Å². The number of rotatable bonds is 10. The predicted octanol–water partition coefficient (Wildman–Crippen LogP) is -0.0868. The van der Waals surface area contributed by atoms with E-state index < -0.39 is 0 Å². The number of hydrogen-bond donors (Lipinski definition) is 6. The molecular weight excluding hydrogens is 412 g/mol. The van der Waals surface area contributed by atoms with Gasteiger partial charge in [-0.05, 0) is 57.8 Å². The molecule has 0 saturated heterocycles. The van der Waals surface area contributed by atoms with Crippen LogP contribution >= 0.6 is 0 Å². The third-order valence-corrected chi connectivity index (χ3v) is 7.10. The fourth-order valence-corrected chi connectivity index (χ4v) is 5.27. The van der Waals surface area contributed by atoms with Crippen LogP contribution in [0.15, 0.2) is 0 Å². The van der Waals surface area contributed by atoms with E-state index in [9.17, 15) is 19.2 Å². The van der Waals surface area contributed by atoms with Crippen LogP contribution in [0.5, 0.6) is 0 Å². The van der Waals surface area contributed by atoms with Gasteiger partial charge in [-0.15, -0.1) is 0 Å². The Morgan fingerprint density at radius 1 is 0.781 bits per heavy atom. The summed E-state index contributed by atoms with van der Waals surface area (Å²) < 4.78 is 0. The molecule has 0 spiro atoms. The molecule has 0 unspecified atom stereocenters. The van der Waals surface area contributed by atoms with E-state index in [0.717, 1.165) is 38.5 Å². The Balaban J connectivity index is 1.35. The lowest BCUT2D eigenvalue weighted by Gasteiger charge is -2.18. The Kier molecular flexibility index (Phi) is 8.46. The Bertz CT molecular complexity index is 729. The van der Waals surface area contributed by atoms with Crippen LogP contribution in [0.4, 0.5) is 0 Å². The van der Waals surface area contributed by atoms with Crippen LogP contribution in [-0.2, 0) is 19.2 Å². The average molecular weight is 449 g/mol. The van der Waals surface area contributed by atoms with Crippen LogP contribution < -0.4 is 27.0 Å². The highest BCUT2D eigenvalue weighted by atomic mass is 16.2. The van der Waals surface area contributed by atoms with Crippen molar-refractivity contribution < 1.29 is 19.2 Å². The summed E-state index contributed by atoms with van der Waals surface area (Å²) in [5, 5.41) is 19.0. The average Bonchev–Trinajstić information content (AvgIpc) is 3.49. The van der Waals surface area contributed by atoms with Crippen molar-refractivity contribution in [1.82, 2.24) is 21.3 Å². The number of carbonyl (C=O) groups excluding carboxylic acids is 4. The van der Waals surface area contributed by atoms with Crippen LogP contribution in [0.2, 0.25) is 0 Å². The molecule has 3 aliphatic rings. The second-order valence-electron chi connectivity index (χ2n) is 9.49. The van der Waals surface area contributed by atoms with Crippen LogP contribution in [0, 0.1) is 23.2 Å². The molecule has 0 aromatic carbocycles. The van der Waals surface area contributed by atoms with E-state index in [2.05, 4.69) is 21.3 Å². The van der Waals surface area contributed by atoms with Crippen LogP contribution in [-0.4, -0.2) is 54.6 Å². The summed E-state index contributed by atoms with van der Waals surface area (Å²) >= 11 is 0. The van der Waals surface area contributed by atoms with Gasteiger partial charge < -0.3 is 27.0 Å². The number of carbonyl (C=O) groups is 4. The maximum Gasteiger partial charge on any atom is 0.223 e. The Labute approximate surface area is 188 Å². The second-order valence-corrected chi connectivity index (χ2v) is 9.49. The zero-order valence-corrected chi connectivity index (χ0v) is 18.5. The van der Waals surface area contributed by atoms with E-state index in [1.165, 1.54) is 0 Å². The molecule has 7 N–H and O–H groups in total. The molecule has 3 rings (SSSR count). The van der Waals surface area contributed by atoms with E-state index in [-0.39, 0.29) is 59.4 Å². The molecule has 32 heavy (non-hydrogen) atoms. The van der Waals surface area contributed by atoms with Crippen molar-refractivity contribution in [1.29, 1.82) is 5.41 Å². The van der Waals surface area contributed by atoms with Crippen molar-refractivity contribution in [2.45, 2.75) is 82.3 Å². The van der Waals surface area contributed by atoms with Crippen molar-refractivity contribution in [3.05, 3.63) is 0 Å². The molecule has 3 aliphatic carbocycles. The van der Waals surface area contributed by atoms with Gasteiger partial charge in [0, 0.05) is 48.8 Å². The minimum Gasteiger partial charge on any atom is -0.388 e. The molecule has 10 heteroatoms. The highest BCUT2D eigenvalue weighted by Gasteiger charge is 2.36. The molecule has 4 amide bonds. The van der Waals surface area contributed by atoms with Crippen LogP contribution in [0.1, 0.15) is 64.2 Å². The smallest absolute Gasteiger partial charge is 0.223 e. The van der Waals surface area contributed by atoms with Crippen molar-refractivity contribution in [3.8, 4) is 0 Å². The summed E-state index contributed by atoms with van der Waals surface area (Å²) in [5.41, 5.74) is 5.30. The SMILES string of the molecule is N=C(N)CCNC(=O)[C@@H]1CC[C@@H](NC(=O)[C@@H]2CC[C@@H](NC(=O)[C@@H]3CC[C@@H](NC=O)C3)C2)C1. The maximum absolute atomic E-state index is 12.7. The van der Waals surface area contributed by atoms with Gasteiger partial charge in [0.05, 0.1) is 5.84 Å². The highest BCUT2D eigenvalue weighted by Crippen LogP contribution is 2.30. The van der Waals surface area contributed by atoms with Crippen LogP contribution in [0.25, 0.3) is 0 Å².